The van der Waals surface area contributed by atoms with Crippen molar-refractivity contribution >= 4 is 39.3 Å². The highest BCUT2D eigenvalue weighted by Gasteiger charge is 2.37. The van der Waals surface area contributed by atoms with E-state index in [0.717, 1.165) is 15.8 Å². The first-order chi connectivity index (χ1) is 10.5. The van der Waals surface area contributed by atoms with Crippen LogP contribution in [-0.4, -0.2) is 21.2 Å². The van der Waals surface area contributed by atoms with Crippen LogP contribution >= 0.6 is 23.1 Å². The number of thioether (sulfide) groups is 1. The molecule has 0 bridgehead atoms. The van der Waals surface area contributed by atoms with Gasteiger partial charge in [-0.1, -0.05) is 42.1 Å². The molecule has 3 rings (SSSR count). The Morgan fingerprint density at radius 2 is 1.95 bits per heavy atom. The molecule has 2 N–H and O–H groups in total. The standard InChI is InChI=1S/C16H13NO3S2/c1-16(14(19)20,10-5-3-2-4-6-10)22-15-17-12-8-7-11(18)9-13(12)21-15/h2-9,18H,1H3,(H,19,20). The number of aromatic nitrogens is 1. The number of fused-ring (bicyclic) bond motifs is 1. The summed E-state index contributed by atoms with van der Waals surface area (Å²) >= 11 is 2.59. The van der Waals surface area contributed by atoms with Crippen LogP contribution in [0.15, 0.2) is 52.9 Å². The zero-order chi connectivity index (χ0) is 15.7. The lowest BCUT2D eigenvalue weighted by atomic mass is 10.0. The van der Waals surface area contributed by atoms with Gasteiger partial charge < -0.3 is 10.2 Å². The van der Waals surface area contributed by atoms with Crippen LogP contribution < -0.4 is 0 Å². The Morgan fingerprint density at radius 3 is 2.64 bits per heavy atom. The number of nitrogens with zero attached hydrogens (tertiary/aromatic N) is 1. The molecule has 0 fully saturated rings. The molecule has 1 aromatic heterocycles. The van der Waals surface area contributed by atoms with Crippen molar-refractivity contribution in [1.29, 1.82) is 0 Å². The number of carboxylic acids is 1. The van der Waals surface area contributed by atoms with E-state index in [9.17, 15) is 15.0 Å². The number of benzene rings is 2. The molecule has 3 aromatic rings. The first-order valence-corrected chi connectivity index (χ1v) is 8.20. The Kier molecular flexibility index (Phi) is 3.80. The molecule has 0 radical (unpaired) electrons. The minimum atomic E-state index is -1.11. The van der Waals surface area contributed by atoms with Crippen LogP contribution in [-0.2, 0) is 9.54 Å². The third-order valence-electron chi connectivity index (χ3n) is 3.38. The van der Waals surface area contributed by atoms with Crippen molar-refractivity contribution < 1.29 is 15.0 Å². The summed E-state index contributed by atoms with van der Waals surface area (Å²) in [5, 5.41) is 19.2. The average Bonchev–Trinajstić information content (AvgIpc) is 2.89. The van der Waals surface area contributed by atoms with E-state index < -0.39 is 10.7 Å². The molecule has 0 aliphatic carbocycles. The fourth-order valence-electron chi connectivity index (χ4n) is 2.09. The van der Waals surface area contributed by atoms with Crippen molar-refractivity contribution in [2.24, 2.45) is 0 Å². The van der Waals surface area contributed by atoms with Gasteiger partial charge in [0.25, 0.3) is 0 Å². The highest BCUT2D eigenvalue weighted by Crippen LogP contribution is 2.44. The average molecular weight is 331 g/mol. The van der Waals surface area contributed by atoms with Gasteiger partial charge in [0, 0.05) is 0 Å². The lowest BCUT2D eigenvalue weighted by Gasteiger charge is -2.23. The van der Waals surface area contributed by atoms with E-state index in [1.165, 1.54) is 23.1 Å². The molecule has 0 spiro atoms. The third-order valence-corrected chi connectivity index (χ3v) is 5.77. The van der Waals surface area contributed by atoms with E-state index in [1.807, 2.05) is 18.2 Å². The maximum atomic E-state index is 11.8. The van der Waals surface area contributed by atoms with E-state index in [1.54, 1.807) is 37.3 Å². The smallest absolute Gasteiger partial charge is 0.324 e. The zero-order valence-corrected chi connectivity index (χ0v) is 13.3. The molecule has 22 heavy (non-hydrogen) atoms. The number of aliphatic carboxylic acids is 1. The predicted molar refractivity (Wildman–Crippen MR) is 88.6 cm³/mol. The van der Waals surface area contributed by atoms with Gasteiger partial charge in [0.05, 0.1) is 10.2 Å². The summed E-state index contributed by atoms with van der Waals surface area (Å²) in [6, 6.07) is 14.1. The van der Waals surface area contributed by atoms with Gasteiger partial charge >= 0.3 is 5.97 Å². The van der Waals surface area contributed by atoms with E-state index in [2.05, 4.69) is 4.98 Å². The highest BCUT2D eigenvalue weighted by atomic mass is 32.2. The van der Waals surface area contributed by atoms with Crippen molar-refractivity contribution in [2.45, 2.75) is 16.0 Å². The molecule has 112 valence electrons. The summed E-state index contributed by atoms with van der Waals surface area (Å²) in [5.74, 6) is -0.734. The number of carboxylic acid groups (broad SMARTS) is 1. The summed E-state index contributed by atoms with van der Waals surface area (Å²) < 4.78 is 0.384. The van der Waals surface area contributed by atoms with Crippen LogP contribution in [0.1, 0.15) is 12.5 Å². The molecule has 0 aliphatic rings. The molecule has 1 atom stereocenters. The van der Waals surface area contributed by atoms with Crippen molar-refractivity contribution in [2.75, 3.05) is 0 Å². The molecule has 2 aromatic carbocycles. The monoisotopic (exact) mass is 331 g/mol. The number of rotatable bonds is 4. The van der Waals surface area contributed by atoms with Gasteiger partial charge in [0.15, 0.2) is 4.34 Å². The number of thiazole rings is 1. The number of aromatic hydroxyl groups is 1. The van der Waals surface area contributed by atoms with Crippen LogP contribution in [0.25, 0.3) is 10.2 Å². The van der Waals surface area contributed by atoms with Gasteiger partial charge in [-0.25, -0.2) is 4.98 Å². The van der Waals surface area contributed by atoms with Gasteiger partial charge in [-0.05, 0) is 30.7 Å². The molecular formula is C16H13NO3S2. The van der Waals surface area contributed by atoms with E-state index in [-0.39, 0.29) is 5.75 Å². The molecule has 6 heteroatoms. The summed E-state index contributed by atoms with van der Waals surface area (Å²) in [5.41, 5.74) is 1.47. The molecule has 0 saturated carbocycles. The second kappa shape index (κ2) is 5.62. The number of phenolic OH excluding ortho intramolecular Hbond substituents is 1. The van der Waals surface area contributed by atoms with Crippen molar-refractivity contribution in [1.82, 2.24) is 4.98 Å². The third kappa shape index (κ3) is 2.67. The lowest BCUT2D eigenvalue weighted by Crippen LogP contribution is -2.28. The minimum absolute atomic E-state index is 0.178. The predicted octanol–water partition coefficient (Wildman–Crippen LogP) is 4.09. The van der Waals surface area contributed by atoms with Crippen LogP contribution in [0.2, 0.25) is 0 Å². The number of hydrogen-bond donors (Lipinski definition) is 2. The molecular weight excluding hydrogens is 318 g/mol. The number of phenols is 1. The fraction of sp³-hybridized carbons (Fsp3) is 0.125. The molecule has 0 amide bonds. The zero-order valence-electron chi connectivity index (χ0n) is 11.7. The number of carbonyl (C=O) groups is 1. The molecule has 0 aliphatic heterocycles. The maximum Gasteiger partial charge on any atom is 0.324 e. The van der Waals surface area contributed by atoms with E-state index in [0.29, 0.717) is 4.34 Å². The fourth-order valence-corrected chi connectivity index (χ4v) is 4.59. The first kappa shape index (κ1) is 14.9. The van der Waals surface area contributed by atoms with Gasteiger partial charge in [-0.15, -0.1) is 11.3 Å². The number of hydrogen-bond acceptors (Lipinski definition) is 5. The van der Waals surface area contributed by atoms with Crippen molar-refractivity contribution in [3.8, 4) is 5.75 Å². The van der Waals surface area contributed by atoms with Crippen molar-refractivity contribution in [3.63, 3.8) is 0 Å². The maximum absolute atomic E-state index is 11.8. The van der Waals surface area contributed by atoms with Crippen LogP contribution in [0.5, 0.6) is 5.75 Å². The van der Waals surface area contributed by atoms with Gasteiger partial charge in [-0.3, -0.25) is 4.79 Å². The van der Waals surface area contributed by atoms with E-state index >= 15 is 0 Å². The summed E-state index contributed by atoms with van der Waals surface area (Å²) in [6.07, 6.45) is 0. The van der Waals surface area contributed by atoms with Gasteiger partial charge in [-0.2, -0.15) is 0 Å². The summed E-state index contributed by atoms with van der Waals surface area (Å²) in [6.45, 7) is 1.68. The van der Waals surface area contributed by atoms with Crippen LogP contribution in [0.3, 0.4) is 0 Å². The largest absolute Gasteiger partial charge is 0.508 e. The summed E-state index contributed by atoms with van der Waals surface area (Å²) in [7, 11) is 0. The Bertz CT molecular complexity index is 832. The van der Waals surface area contributed by atoms with Crippen molar-refractivity contribution in [3.05, 3.63) is 54.1 Å². The minimum Gasteiger partial charge on any atom is -0.508 e. The molecule has 1 heterocycles. The summed E-state index contributed by atoms with van der Waals surface area (Å²) in [4.78, 5) is 16.3. The second-order valence-corrected chi connectivity index (χ2v) is 7.63. The molecule has 1 unspecified atom stereocenters. The SMILES string of the molecule is CC(Sc1nc2ccc(O)cc2s1)(C(=O)O)c1ccccc1. The van der Waals surface area contributed by atoms with Crippen LogP contribution in [0, 0.1) is 0 Å². The van der Waals surface area contributed by atoms with Crippen LogP contribution in [0.4, 0.5) is 0 Å². The Morgan fingerprint density at radius 1 is 1.23 bits per heavy atom. The first-order valence-electron chi connectivity index (χ1n) is 6.56. The quantitative estimate of drug-likeness (QED) is 0.705. The molecule has 0 saturated heterocycles. The normalized spacial score (nSPS) is 13.9. The second-order valence-electron chi connectivity index (χ2n) is 4.94. The topological polar surface area (TPSA) is 70.4 Å². The Labute approximate surface area is 135 Å². The Balaban J connectivity index is 2.01. The molecule has 4 nitrogen and oxygen atoms in total. The van der Waals surface area contributed by atoms with Gasteiger partial charge in [0.1, 0.15) is 10.5 Å². The lowest BCUT2D eigenvalue weighted by molar-refractivity contribution is -0.139. The highest BCUT2D eigenvalue weighted by molar-refractivity contribution is 8.02. The van der Waals surface area contributed by atoms with Gasteiger partial charge in [0.2, 0.25) is 0 Å². The van der Waals surface area contributed by atoms with E-state index in [4.69, 9.17) is 0 Å². The Hall–Kier alpha value is -2.05.